The molecule has 0 aliphatic carbocycles. The van der Waals surface area contributed by atoms with E-state index in [0.717, 1.165) is 16.3 Å². The molecule has 2 N–H and O–H groups in total. The van der Waals surface area contributed by atoms with Gasteiger partial charge in [-0.25, -0.2) is 0 Å². The molecule has 44 heavy (non-hydrogen) atoms. The Balaban J connectivity index is 1.32. The second kappa shape index (κ2) is 13.9. The largest absolute Gasteiger partial charge is 0.491 e. The molecule has 4 amide bonds. The molecule has 5 rings (SSSR count). The molecule has 3 aromatic carbocycles. The molecule has 3 atom stereocenters. The maximum absolute atomic E-state index is 13.5. The Hall–Kier alpha value is -4.48. The van der Waals surface area contributed by atoms with Gasteiger partial charge in [-0.3, -0.25) is 19.2 Å². The van der Waals surface area contributed by atoms with Crippen LogP contribution < -0.4 is 15.4 Å². The van der Waals surface area contributed by atoms with Crippen LogP contribution in [0.2, 0.25) is 0 Å². The van der Waals surface area contributed by atoms with E-state index in [1.54, 1.807) is 41.1 Å². The van der Waals surface area contributed by atoms with Crippen LogP contribution in [-0.4, -0.2) is 111 Å². The highest BCUT2D eigenvalue weighted by Crippen LogP contribution is 2.23. The number of rotatable bonds is 6. The van der Waals surface area contributed by atoms with Crippen molar-refractivity contribution in [3.8, 4) is 5.75 Å². The summed E-state index contributed by atoms with van der Waals surface area (Å²) in [6, 6.07) is 19.2. The van der Waals surface area contributed by atoms with Crippen molar-refractivity contribution in [3.05, 3.63) is 77.9 Å². The van der Waals surface area contributed by atoms with E-state index in [9.17, 15) is 19.2 Å². The van der Waals surface area contributed by atoms with Gasteiger partial charge in [-0.15, -0.1) is 0 Å². The highest BCUT2D eigenvalue weighted by molar-refractivity contribution is 5.97. The highest BCUT2D eigenvalue weighted by atomic mass is 16.5. The average Bonchev–Trinajstić information content (AvgIpc) is 3.41. The summed E-state index contributed by atoms with van der Waals surface area (Å²) in [6.07, 6.45) is 0.520. The lowest BCUT2D eigenvalue weighted by Crippen LogP contribution is -2.50. The molecule has 0 aromatic heterocycles. The number of likely N-dealkylation sites (N-methyl/N-ethyl adjacent to an activating group) is 2. The molecule has 2 bridgehead atoms. The van der Waals surface area contributed by atoms with Crippen molar-refractivity contribution in [1.82, 2.24) is 25.3 Å². The lowest BCUT2D eigenvalue weighted by Gasteiger charge is -2.29. The van der Waals surface area contributed by atoms with Gasteiger partial charge in [0.05, 0.1) is 19.2 Å². The molecule has 1 fully saturated rings. The highest BCUT2D eigenvalue weighted by Gasteiger charge is 2.37. The number of carbonyl (C=O) groups is 4. The zero-order chi connectivity index (χ0) is 31.2. The Labute approximate surface area is 257 Å². The summed E-state index contributed by atoms with van der Waals surface area (Å²) in [6.45, 7) is 0.572. The van der Waals surface area contributed by atoms with Gasteiger partial charge in [-0.1, -0.05) is 42.5 Å². The van der Waals surface area contributed by atoms with Gasteiger partial charge >= 0.3 is 0 Å². The molecule has 1 saturated heterocycles. The summed E-state index contributed by atoms with van der Waals surface area (Å²) in [7, 11) is 5.18. The quantitative estimate of drug-likeness (QED) is 0.441. The van der Waals surface area contributed by atoms with Crippen molar-refractivity contribution in [2.45, 2.75) is 31.1 Å². The molecule has 0 unspecified atom stereocenters. The molecule has 0 radical (unpaired) electrons. The van der Waals surface area contributed by atoms with Crippen LogP contribution in [0.5, 0.6) is 5.75 Å². The fourth-order valence-corrected chi connectivity index (χ4v) is 5.66. The molecule has 11 nitrogen and oxygen atoms in total. The summed E-state index contributed by atoms with van der Waals surface area (Å²) in [5.41, 5.74) is 1.28. The lowest BCUT2D eigenvalue weighted by atomic mass is 10.1. The van der Waals surface area contributed by atoms with Crippen molar-refractivity contribution in [2.75, 3.05) is 54.1 Å². The van der Waals surface area contributed by atoms with Gasteiger partial charge in [0.2, 0.25) is 17.7 Å². The van der Waals surface area contributed by atoms with Crippen LogP contribution in [-0.2, 0) is 25.7 Å². The molecule has 0 spiro atoms. The molecule has 0 saturated carbocycles. The minimum absolute atomic E-state index is 0.122. The zero-order valence-corrected chi connectivity index (χ0v) is 25.3. The summed E-state index contributed by atoms with van der Waals surface area (Å²) >= 11 is 0. The molecule has 3 aromatic rings. The van der Waals surface area contributed by atoms with Crippen LogP contribution in [0.25, 0.3) is 10.8 Å². The normalized spacial score (nSPS) is 21.0. The number of amides is 4. The van der Waals surface area contributed by atoms with Gasteiger partial charge < -0.3 is 34.8 Å². The number of hydrogen-bond donors (Lipinski definition) is 2. The third-order valence-electron chi connectivity index (χ3n) is 7.96. The van der Waals surface area contributed by atoms with Crippen molar-refractivity contribution >= 4 is 34.4 Å². The van der Waals surface area contributed by atoms with Crippen LogP contribution >= 0.6 is 0 Å². The van der Waals surface area contributed by atoms with Gasteiger partial charge in [0.15, 0.2) is 0 Å². The Morgan fingerprint density at radius 3 is 2.57 bits per heavy atom. The number of ether oxygens (including phenoxy) is 2. The summed E-state index contributed by atoms with van der Waals surface area (Å²) in [5.74, 6) is -0.702. The van der Waals surface area contributed by atoms with Gasteiger partial charge in [0.1, 0.15) is 25.0 Å². The number of carbonyl (C=O) groups excluding carboxylic acids is 4. The Morgan fingerprint density at radius 2 is 1.77 bits per heavy atom. The van der Waals surface area contributed by atoms with Crippen LogP contribution in [0.4, 0.5) is 0 Å². The van der Waals surface area contributed by atoms with Gasteiger partial charge in [-0.05, 0) is 61.1 Å². The average molecular weight is 602 g/mol. The van der Waals surface area contributed by atoms with E-state index in [1.165, 1.54) is 4.90 Å². The van der Waals surface area contributed by atoms with Crippen molar-refractivity contribution < 1.29 is 28.7 Å². The van der Waals surface area contributed by atoms with Crippen molar-refractivity contribution in [1.29, 1.82) is 0 Å². The first-order valence-corrected chi connectivity index (χ1v) is 14.7. The minimum atomic E-state index is -0.990. The van der Waals surface area contributed by atoms with Crippen molar-refractivity contribution in [2.24, 2.45) is 0 Å². The molecule has 232 valence electrons. The molecule has 2 aliphatic heterocycles. The van der Waals surface area contributed by atoms with E-state index >= 15 is 0 Å². The molecular weight excluding hydrogens is 562 g/mol. The maximum atomic E-state index is 13.5. The predicted molar refractivity (Wildman–Crippen MR) is 165 cm³/mol. The first kappa shape index (κ1) is 31.0. The van der Waals surface area contributed by atoms with Crippen LogP contribution in [0, 0.1) is 0 Å². The molecular formula is C33H39N5O6. The fourth-order valence-electron chi connectivity index (χ4n) is 5.66. The topological polar surface area (TPSA) is 121 Å². The van der Waals surface area contributed by atoms with Crippen molar-refractivity contribution in [3.63, 3.8) is 0 Å². The number of benzene rings is 3. The van der Waals surface area contributed by atoms with Crippen LogP contribution in [0.3, 0.4) is 0 Å². The number of nitrogens with one attached hydrogen (secondary N) is 2. The SMILES string of the molecule is CN(C)CC(=O)N[C@H]1C[C@H]2COc3cccc(c3)C(=O)N(C)[C@H](C(=O)NCc3ccc4ccccc4c3)COCC(=O)N2C1. The molecule has 11 heteroatoms. The standard InChI is InChI=1S/C33H39N5O6/c1-36(2)18-30(39)35-26-15-27-19-44-28-10-6-9-25(14-28)33(42)37(3)29(20-43-21-31(40)38(27)17-26)32(41)34-16-22-11-12-23-7-4-5-8-24(23)13-22/h4-14,26-27,29H,15-21H2,1-3H3,(H,34,41)(H,35,39)/t26-,27-,29-/m0/s1. The van der Waals surface area contributed by atoms with E-state index in [1.807, 2.05) is 56.6 Å². The molecule has 2 aliphatic rings. The third-order valence-corrected chi connectivity index (χ3v) is 7.96. The Kier molecular flexibility index (Phi) is 9.76. The van der Waals surface area contributed by atoms with E-state index in [0.29, 0.717) is 24.3 Å². The lowest BCUT2D eigenvalue weighted by molar-refractivity contribution is -0.140. The fraction of sp³-hybridized carbons (Fsp3) is 0.394. The van der Waals surface area contributed by atoms with E-state index in [4.69, 9.17) is 9.47 Å². The Morgan fingerprint density at radius 1 is 0.977 bits per heavy atom. The third kappa shape index (κ3) is 7.53. The number of fused-ring (bicyclic) bond motifs is 4. The summed E-state index contributed by atoms with van der Waals surface area (Å²) in [5, 5.41) is 8.11. The van der Waals surface area contributed by atoms with Gasteiger partial charge in [0, 0.05) is 31.7 Å². The monoisotopic (exact) mass is 601 g/mol. The molecule has 2 heterocycles. The number of hydrogen-bond acceptors (Lipinski definition) is 7. The second-order valence-corrected chi connectivity index (χ2v) is 11.6. The van der Waals surface area contributed by atoms with E-state index < -0.39 is 11.9 Å². The first-order chi connectivity index (χ1) is 21.2. The first-order valence-electron chi connectivity index (χ1n) is 14.7. The van der Waals surface area contributed by atoms with Gasteiger partial charge in [0.25, 0.3) is 5.91 Å². The van der Waals surface area contributed by atoms with Crippen LogP contribution in [0.15, 0.2) is 66.7 Å². The van der Waals surface area contributed by atoms with E-state index in [2.05, 4.69) is 10.6 Å². The smallest absolute Gasteiger partial charge is 0.254 e. The maximum Gasteiger partial charge on any atom is 0.254 e. The zero-order valence-electron chi connectivity index (χ0n) is 25.3. The number of nitrogens with zero attached hydrogens (tertiary/aromatic N) is 3. The van der Waals surface area contributed by atoms with E-state index in [-0.39, 0.29) is 62.7 Å². The predicted octanol–water partition coefficient (Wildman–Crippen LogP) is 1.65. The summed E-state index contributed by atoms with van der Waals surface area (Å²) < 4.78 is 11.8. The minimum Gasteiger partial charge on any atom is -0.491 e. The van der Waals surface area contributed by atoms with Crippen LogP contribution in [0.1, 0.15) is 22.3 Å². The Bertz CT molecular complexity index is 1530. The summed E-state index contributed by atoms with van der Waals surface area (Å²) in [4.78, 5) is 57.5. The van der Waals surface area contributed by atoms with Gasteiger partial charge in [-0.2, -0.15) is 0 Å². The second-order valence-electron chi connectivity index (χ2n) is 11.6.